The van der Waals surface area contributed by atoms with E-state index in [9.17, 15) is 4.79 Å². The summed E-state index contributed by atoms with van der Waals surface area (Å²) in [6.45, 7) is 0.475. The van der Waals surface area contributed by atoms with E-state index in [2.05, 4.69) is 43.8 Å². The van der Waals surface area contributed by atoms with Crippen LogP contribution in [0.5, 0.6) is 0 Å². The van der Waals surface area contributed by atoms with Gasteiger partial charge in [0.05, 0.1) is 5.56 Å². The molecule has 0 atom stereocenters. The highest BCUT2D eigenvalue weighted by Crippen LogP contribution is 2.19. The first kappa shape index (κ1) is 14.8. The van der Waals surface area contributed by atoms with Crippen molar-refractivity contribution in [1.82, 2.24) is 5.32 Å². The van der Waals surface area contributed by atoms with Crippen molar-refractivity contribution in [3.63, 3.8) is 0 Å². The van der Waals surface area contributed by atoms with Crippen molar-refractivity contribution in [2.75, 3.05) is 0 Å². The smallest absolute Gasteiger partial charge is 0.252 e. The fraction of sp³-hybridized carbons (Fsp3) is 0.0714. The lowest BCUT2D eigenvalue weighted by Crippen LogP contribution is -2.23. The molecule has 0 spiro atoms. The van der Waals surface area contributed by atoms with Crippen LogP contribution in [-0.2, 0) is 6.54 Å². The van der Waals surface area contributed by atoms with Crippen molar-refractivity contribution in [3.05, 3.63) is 66.7 Å². The van der Waals surface area contributed by atoms with Gasteiger partial charge in [0.15, 0.2) is 0 Å². The van der Waals surface area contributed by atoms with Gasteiger partial charge in [-0.3, -0.25) is 4.79 Å². The molecule has 5 heteroatoms. The third kappa shape index (κ3) is 3.94. The second kappa shape index (κ2) is 6.72. The van der Waals surface area contributed by atoms with Crippen molar-refractivity contribution in [1.29, 1.82) is 0 Å². The fourth-order valence-electron chi connectivity index (χ4n) is 1.58. The molecule has 2 rings (SSSR count). The number of amides is 1. The Morgan fingerprint density at radius 3 is 2.74 bits per heavy atom. The minimum absolute atomic E-state index is 0.123. The first-order valence-electron chi connectivity index (χ1n) is 5.54. The summed E-state index contributed by atoms with van der Waals surface area (Å²) in [6, 6.07) is 13.1. The predicted molar refractivity (Wildman–Crippen MR) is 89.5 cm³/mol. The van der Waals surface area contributed by atoms with Gasteiger partial charge >= 0.3 is 0 Å². The number of benzene rings is 2. The number of halogens is 3. The largest absolute Gasteiger partial charge is 0.348 e. The van der Waals surface area contributed by atoms with Crippen LogP contribution in [0.15, 0.2) is 46.9 Å². The highest BCUT2D eigenvalue weighted by atomic mass is 127. The zero-order valence-corrected chi connectivity index (χ0v) is 14.3. The zero-order chi connectivity index (χ0) is 13.8. The van der Waals surface area contributed by atoms with Crippen LogP contribution in [0, 0.1) is 3.57 Å². The van der Waals surface area contributed by atoms with E-state index >= 15 is 0 Å². The van der Waals surface area contributed by atoms with Crippen LogP contribution in [-0.4, -0.2) is 5.91 Å². The van der Waals surface area contributed by atoms with Crippen LogP contribution in [0.1, 0.15) is 15.9 Å². The highest BCUT2D eigenvalue weighted by molar-refractivity contribution is 14.1. The Kier molecular flexibility index (Phi) is 5.24. The molecule has 2 aromatic carbocycles. The molecule has 0 bridgehead atoms. The van der Waals surface area contributed by atoms with Gasteiger partial charge in [-0.25, -0.2) is 0 Å². The van der Waals surface area contributed by atoms with Gasteiger partial charge in [-0.05, 0) is 52.4 Å². The maximum Gasteiger partial charge on any atom is 0.252 e. The molecular weight excluding hydrogens is 440 g/mol. The number of hydrogen-bond acceptors (Lipinski definition) is 1. The fourth-order valence-corrected chi connectivity index (χ4v) is 2.76. The molecule has 2 aromatic rings. The molecule has 0 aliphatic rings. The SMILES string of the molecule is O=C(NCc1ccccc1Br)c1cc(Cl)ccc1I. The summed E-state index contributed by atoms with van der Waals surface area (Å²) < 4.78 is 1.86. The van der Waals surface area contributed by atoms with Gasteiger partial charge in [0.1, 0.15) is 0 Å². The van der Waals surface area contributed by atoms with Gasteiger partial charge in [0.2, 0.25) is 0 Å². The lowest BCUT2D eigenvalue weighted by Gasteiger charge is -2.08. The topological polar surface area (TPSA) is 29.1 Å². The Hall–Kier alpha value is -0.590. The Balaban J connectivity index is 2.10. The van der Waals surface area contributed by atoms with E-state index in [1.807, 2.05) is 30.3 Å². The Morgan fingerprint density at radius 2 is 2.00 bits per heavy atom. The maximum absolute atomic E-state index is 12.1. The van der Waals surface area contributed by atoms with E-state index in [4.69, 9.17) is 11.6 Å². The molecule has 1 amide bonds. The van der Waals surface area contributed by atoms with E-state index in [1.165, 1.54) is 0 Å². The lowest BCUT2D eigenvalue weighted by atomic mass is 10.2. The summed E-state index contributed by atoms with van der Waals surface area (Å²) in [5.41, 5.74) is 1.63. The molecule has 0 aliphatic carbocycles. The van der Waals surface area contributed by atoms with Gasteiger partial charge in [-0.1, -0.05) is 45.7 Å². The third-order valence-corrected chi connectivity index (χ3v) is 4.52. The molecule has 0 aliphatic heterocycles. The Morgan fingerprint density at radius 1 is 1.26 bits per heavy atom. The molecule has 1 N–H and O–H groups in total. The molecule has 0 heterocycles. The van der Waals surface area contributed by atoms with Crippen LogP contribution in [0.4, 0.5) is 0 Å². The molecule has 0 fully saturated rings. The average molecular weight is 451 g/mol. The predicted octanol–water partition coefficient (Wildman–Crippen LogP) is 4.64. The van der Waals surface area contributed by atoms with Gasteiger partial charge in [0.25, 0.3) is 5.91 Å². The van der Waals surface area contributed by atoms with Crippen molar-refractivity contribution in [3.8, 4) is 0 Å². The van der Waals surface area contributed by atoms with E-state index in [0.29, 0.717) is 17.1 Å². The second-order valence-electron chi connectivity index (χ2n) is 3.90. The lowest BCUT2D eigenvalue weighted by molar-refractivity contribution is 0.0950. The van der Waals surface area contributed by atoms with Crippen LogP contribution < -0.4 is 5.32 Å². The minimum atomic E-state index is -0.123. The monoisotopic (exact) mass is 449 g/mol. The molecule has 0 aromatic heterocycles. The van der Waals surface area contributed by atoms with Gasteiger partial charge < -0.3 is 5.32 Å². The highest BCUT2D eigenvalue weighted by Gasteiger charge is 2.10. The van der Waals surface area contributed by atoms with Crippen molar-refractivity contribution in [2.45, 2.75) is 6.54 Å². The third-order valence-electron chi connectivity index (χ3n) is 2.57. The zero-order valence-electron chi connectivity index (χ0n) is 9.79. The normalized spacial score (nSPS) is 10.3. The van der Waals surface area contributed by atoms with Crippen molar-refractivity contribution < 1.29 is 4.79 Å². The van der Waals surface area contributed by atoms with E-state index in [1.54, 1.807) is 12.1 Å². The van der Waals surface area contributed by atoms with E-state index in [-0.39, 0.29) is 5.91 Å². The summed E-state index contributed by atoms with van der Waals surface area (Å²) >= 11 is 11.5. The van der Waals surface area contributed by atoms with E-state index in [0.717, 1.165) is 13.6 Å². The second-order valence-corrected chi connectivity index (χ2v) is 6.35. The first-order chi connectivity index (χ1) is 9.08. The summed E-state index contributed by atoms with van der Waals surface area (Å²) in [4.78, 5) is 12.1. The summed E-state index contributed by atoms with van der Waals surface area (Å²) in [7, 11) is 0. The number of nitrogens with one attached hydrogen (secondary N) is 1. The van der Waals surface area contributed by atoms with Crippen LogP contribution >= 0.6 is 50.1 Å². The Labute approximate surface area is 138 Å². The van der Waals surface area contributed by atoms with Gasteiger partial charge in [0, 0.05) is 19.6 Å². The molecule has 2 nitrogen and oxygen atoms in total. The van der Waals surface area contributed by atoms with E-state index < -0.39 is 0 Å². The van der Waals surface area contributed by atoms with Crippen molar-refractivity contribution in [2.24, 2.45) is 0 Å². The average Bonchev–Trinajstić information content (AvgIpc) is 2.40. The molecule has 0 saturated heterocycles. The number of carbonyl (C=O) groups excluding carboxylic acids is 1. The first-order valence-corrected chi connectivity index (χ1v) is 7.79. The van der Waals surface area contributed by atoms with Crippen molar-refractivity contribution >= 4 is 56.0 Å². The molecule has 0 radical (unpaired) electrons. The Bertz CT molecular complexity index is 618. The molecule has 0 unspecified atom stereocenters. The standard InChI is InChI=1S/C14H10BrClINO/c15-12-4-2-1-3-9(12)8-18-14(19)11-7-10(16)5-6-13(11)17/h1-7H,8H2,(H,18,19). The van der Waals surface area contributed by atoms with Crippen LogP contribution in [0.25, 0.3) is 0 Å². The summed E-state index contributed by atoms with van der Waals surface area (Å²) in [5.74, 6) is -0.123. The summed E-state index contributed by atoms with van der Waals surface area (Å²) in [6.07, 6.45) is 0. The number of carbonyl (C=O) groups is 1. The van der Waals surface area contributed by atoms with Crippen LogP contribution in [0.3, 0.4) is 0 Å². The van der Waals surface area contributed by atoms with Crippen LogP contribution in [0.2, 0.25) is 5.02 Å². The van der Waals surface area contributed by atoms with Gasteiger partial charge in [-0.2, -0.15) is 0 Å². The summed E-state index contributed by atoms with van der Waals surface area (Å²) in [5, 5.41) is 3.45. The van der Waals surface area contributed by atoms with Gasteiger partial charge in [-0.15, -0.1) is 0 Å². The molecule has 19 heavy (non-hydrogen) atoms. The quantitative estimate of drug-likeness (QED) is 0.679. The molecule has 98 valence electrons. The maximum atomic E-state index is 12.1. The number of hydrogen-bond donors (Lipinski definition) is 1. The number of rotatable bonds is 3. The molecular formula is C14H10BrClINO. The minimum Gasteiger partial charge on any atom is -0.348 e. The molecule has 0 saturated carbocycles.